The summed E-state index contributed by atoms with van der Waals surface area (Å²) in [4.78, 5) is 2.52. The second kappa shape index (κ2) is 7.74. The van der Waals surface area contributed by atoms with E-state index in [4.69, 9.17) is 4.74 Å². The molecule has 24 heavy (non-hydrogen) atoms. The maximum atomic E-state index is 11.5. The summed E-state index contributed by atoms with van der Waals surface area (Å²) in [6, 6.07) is 10.2. The SMILES string of the molecule is Cl.O[C@@](CO[C@@H]1CN2CCC1CC2)(c1ccccc1)C1CCCC1. The lowest BCUT2D eigenvalue weighted by molar-refractivity contribution is -0.143. The van der Waals surface area contributed by atoms with Gasteiger partial charge in [0, 0.05) is 6.54 Å². The summed E-state index contributed by atoms with van der Waals surface area (Å²) < 4.78 is 6.36. The molecule has 3 nitrogen and oxygen atoms in total. The van der Waals surface area contributed by atoms with Crippen LogP contribution in [-0.4, -0.2) is 42.4 Å². The van der Waals surface area contributed by atoms with Crippen LogP contribution >= 0.6 is 12.4 Å². The highest BCUT2D eigenvalue weighted by Gasteiger charge is 2.42. The molecule has 0 aromatic heterocycles. The number of aliphatic hydroxyl groups is 1. The molecular formula is C20H30ClNO2. The highest BCUT2D eigenvalue weighted by Crippen LogP contribution is 2.41. The Kier molecular flexibility index (Phi) is 5.86. The number of ether oxygens (including phenoxy) is 1. The standard InChI is InChI=1S/C20H29NO2.ClH/c22-20(18-8-4-5-9-18,17-6-2-1-3-7-17)15-23-19-14-21-12-10-16(19)11-13-21;/h1-3,6-7,16,18-19,22H,4-5,8-15H2;1H/t19-,20+;/m1./s1. The van der Waals surface area contributed by atoms with Crippen molar-refractivity contribution in [1.29, 1.82) is 0 Å². The molecule has 2 bridgehead atoms. The Morgan fingerprint density at radius 1 is 1.04 bits per heavy atom. The van der Waals surface area contributed by atoms with Crippen LogP contribution in [0.1, 0.15) is 44.1 Å². The first-order valence-corrected chi connectivity index (χ1v) is 9.37. The average molecular weight is 352 g/mol. The van der Waals surface area contributed by atoms with Crippen LogP contribution in [0.5, 0.6) is 0 Å². The summed E-state index contributed by atoms with van der Waals surface area (Å²) in [5.41, 5.74) is 0.220. The smallest absolute Gasteiger partial charge is 0.116 e. The van der Waals surface area contributed by atoms with Crippen LogP contribution in [0, 0.1) is 11.8 Å². The third-order valence-electron chi connectivity index (χ3n) is 6.42. The normalized spacial score (nSPS) is 32.3. The molecule has 4 aliphatic rings. The fraction of sp³-hybridized carbons (Fsp3) is 0.700. The lowest BCUT2D eigenvalue weighted by Gasteiger charge is -2.46. The van der Waals surface area contributed by atoms with Crippen LogP contribution in [0.15, 0.2) is 30.3 Å². The fourth-order valence-electron chi connectivity index (χ4n) is 4.90. The number of rotatable bonds is 5. The number of fused-ring (bicyclic) bond motifs is 3. The predicted molar refractivity (Wildman–Crippen MR) is 98.4 cm³/mol. The van der Waals surface area contributed by atoms with Gasteiger partial charge in [-0.2, -0.15) is 0 Å². The van der Waals surface area contributed by atoms with Crippen LogP contribution in [0.4, 0.5) is 0 Å². The van der Waals surface area contributed by atoms with Crippen molar-refractivity contribution in [3.63, 3.8) is 0 Å². The molecule has 2 atom stereocenters. The minimum Gasteiger partial charge on any atom is -0.382 e. The first-order chi connectivity index (χ1) is 11.3. The van der Waals surface area contributed by atoms with E-state index in [2.05, 4.69) is 17.0 Å². The van der Waals surface area contributed by atoms with Gasteiger partial charge in [0.05, 0.1) is 12.7 Å². The van der Waals surface area contributed by atoms with Crippen LogP contribution in [-0.2, 0) is 10.3 Å². The molecule has 3 saturated heterocycles. The topological polar surface area (TPSA) is 32.7 Å². The van der Waals surface area contributed by atoms with Crippen LogP contribution in [0.3, 0.4) is 0 Å². The Hall–Kier alpha value is -0.610. The minimum absolute atomic E-state index is 0. The summed E-state index contributed by atoms with van der Waals surface area (Å²) in [6.07, 6.45) is 7.55. The van der Waals surface area contributed by atoms with Gasteiger partial charge in [0.2, 0.25) is 0 Å². The maximum absolute atomic E-state index is 11.5. The number of benzene rings is 1. The zero-order valence-corrected chi connectivity index (χ0v) is 15.2. The number of piperidine rings is 3. The predicted octanol–water partition coefficient (Wildman–Crippen LogP) is 3.60. The van der Waals surface area contributed by atoms with Crippen molar-refractivity contribution in [1.82, 2.24) is 4.90 Å². The molecule has 0 unspecified atom stereocenters. The number of hydrogen-bond donors (Lipinski definition) is 1. The van der Waals surface area contributed by atoms with Gasteiger partial charge in [-0.1, -0.05) is 43.2 Å². The average Bonchev–Trinajstić information content (AvgIpc) is 3.17. The summed E-state index contributed by atoms with van der Waals surface area (Å²) in [7, 11) is 0. The van der Waals surface area contributed by atoms with E-state index in [0.29, 0.717) is 24.5 Å². The van der Waals surface area contributed by atoms with Crippen molar-refractivity contribution in [3.05, 3.63) is 35.9 Å². The van der Waals surface area contributed by atoms with Gasteiger partial charge in [-0.25, -0.2) is 0 Å². The van der Waals surface area contributed by atoms with E-state index in [9.17, 15) is 5.11 Å². The van der Waals surface area contributed by atoms with Crippen molar-refractivity contribution in [2.24, 2.45) is 11.8 Å². The molecule has 1 aromatic rings. The van der Waals surface area contributed by atoms with E-state index in [1.54, 1.807) is 0 Å². The Labute approximate surface area is 151 Å². The second-order valence-corrected chi connectivity index (χ2v) is 7.76. The van der Waals surface area contributed by atoms with Gasteiger partial charge in [-0.15, -0.1) is 12.4 Å². The van der Waals surface area contributed by atoms with E-state index in [1.807, 2.05) is 18.2 Å². The van der Waals surface area contributed by atoms with E-state index in [0.717, 1.165) is 24.9 Å². The molecule has 1 saturated carbocycles. The van der Waals surface area contributed by atoms with Crippen molar-refractivity contribution >= 4 is 12.4 Å². The Morgan fingerprint density at radius 2 is 1.71 bits per heavy atom. The third kappa shape index (κ3) is 3.50. The zero-order valence-electron chi connectivity index (χ0n) is 14.4. The van der Waals surface area contributed by atoms with Gasteiger partial charge in [0.25, 0.3) is 0 Å². The molecule has 3 heterocycles. The molecule has 4 fully saturated rings. The first kappa shape index (κ1) is 18.2. The van der Waals surface area contributed by atoms with E-state index in [-0.39, 0.29) is 12.4 Å². The highest BCUT2D eigenvalue weighted by molar-refractivity contribution is 5.85. The van der Waals surface area contributed by atoms with Crippen LogP contribution in [0.25, 0.3) is 0 Å². The molecule has 0 spiro atoms. The van der Waals surface area contributed by atoms with E-state index >= 15 is 0 Å². The molecule has 1 aliphatic carbocycles. The molecule has 5 rings (SSSR count). The van der Waals surface area contributed by atoms with Gasteiger partial charge in [0.15, 0.2) is 0 Å². The fourth-order valence-corrected chi connectivity index (χ4v) is 4.90. The van der Waals surface area contributed by atoms with Gasteiger partial charge in [-0.3, -0.25) is 0 Å². The highest BCUT2D eigenvalue weighted by atomic mass is 35.5. The maximum Gasteiger partial charge on any atom is 0.116 e. The quantitative estimate of drug-likeness (QED) is 0.879. The Morgan fingerprint density at radius 3 is 2.29 bits per heavy atom. The van der Waals surface area contributed by atoms with Gasteiger partial charge in [-0.05, 0) is 56.2 Å². The number of nitrogens with zero attached hydrogens (tertiary/aromatic N) is 1. The molecule has 0 amide bonds. The molecule has 1 N–H and O–H groups in total. The summed E-state index contributed by atoms with van der Waals surface area (Å²) in [5, 5.41) is 11.5. The lowest BCUT2D eigenvalue weighted by Crippen LogP contribution is -2.53. The van der Waals surface area contributed by atoms with Crippen molar-refractivity contribution in [2.45, 2.75) is 50.2 Å². The lowest BCUT2D eigenvalue weighted by atomic mass is 9.80. The molecule has 1 aromatic carbocycles. The van der Waals surface area contributed by atoms with E-state index in [1.165, 1.54) is 38.8 Å². The summed E-state index contributed by atoms with van der Waals surface area (Å²) in [5.74, 6) is 1.04. The van der Waals surface area contributed by atoms with Gasteiger partial charge >= 0.3 is 0 Å². The van der Waals surface area contributed by atoms with Crippen LogP contribution < -0.4 is 0 Å². The molecule has 4 heteroatoms. The molecule has 0 radical (unpaired) electrons. The molecule has 134 valence electrons. The van der Waals surface area contributed by atoms with Gasteiger partial charge < -0.3 is 14.7 Å². The number of halogens is 1. The largest absolute Gasteiger partial charge is 0.382 e. The first-order valence-electron chi connectivity index (χ1n) is 9.37. The summed E-state index contributed by atoms with van der Waals surface area (Å²) in [6.45, 7) is 3.98. The van der Waals surface area contributed by atoms with Crippen molar-refractivity contribution in [3.8, 4) is 0 Å². The van der Waals surface area contributed by atoms with Crippen molar-refractivity contribution in [2.75, 3.05) is 26.2 Å². The zero-order chi connectivity index (χ0) is 15.7. The molecular weight excluding hydrogens is 322 g/mol. The van der Waals surface area contributed by atoms with Crippen molar-refractivity contribution < 1.29 is 9.84 Å². The van der Waals surface area contributed by atoms with Gasteiger partial charge in [0.1, 0.15) is 5.60 Å². The van der Waals surface area contributed by atoms with Crippen LogP contribution in [0.2, 0.25) is 0 Å². The monoisotopic (exact) mass is 351 g/mol. The molecule has 3 aliphatic heterocycles. The Bertz CT molecular complexity index is 512. The third-order valence-corrected chi connectivity index (χ3v) is 6.42. The second-order valence-electron chi connectivity index (χ2n) is 7.76. The number of hydrogen-bond acceptors (Lipinski definition) is 3. The Balaban J connectivity index is 0.00000169. The van der Waals surface area contributed by atoms with E-state index < -0.39 is 5.60 Å². The summed E-state index contributed by atoms with van der Waals surface area (Å²) >= 11 is 0. The minimum atomic E-state index is -0.816.